The van der Waals surface area contributed by atoms with E-state index >= 15 is 0 Å². The number of likely N-dealkylation sites (tertiary alicyclic amines) is 1. The van der Waals surface area contributed by atoms with E-state index in [0.29, 0.717) is 33.5 Å². The van der Waals surface area contributed by atoms with Crippen molar-refractivity contribution in [3.05, 3.63) is 64.5 Å². The summed E-state index contributed by atoms with van der Waals surface area (Å²) in [6.07, 6.45) is 2.81. The first-order valence-corrected chi connectivity index (χ1v) is 11.3. The quantitative estimate of drug-likeness (QED) is 0.438. The molecule has 5 rings (SSSR count). The second kappa shape index (κ2) is 8.72. The molecule has 2 aromatic carbocycles. The Hall–Kier alpha value is -3.88. The minimum Gasteiger partial charge on any atom is -0.493 e. The molecule has 7 nitrogen and oxygen atoms in total. The highest BCUT2D eigenvalue weighted by Gasteiger charge is 2.27. The van der Waals surface area contributed by atoms with Gasteiger partial charge >= 0.3 is 0 Å². The summed E-state index contributed by atoms with van der Waals surface area (Å²) in [6.45, 7) is 0.549. The predicted octanol–water partition coefficient (Wildman–Crippen LogP) is 4.21. The highest BCUT2D eigenvalue weighted by molar-refractivity contribution is 6.07. The molecule has 1 saturated heterocycles. The van der Waals surface area contributed by atoms with Crippen LogP contribution in [-0.2, 0) is 7.05 Å². The number of nitrogens with zero attached hydrogens (tertiary/aromatic N) is 3. The van der Waals surface area contributed by atoms with Crippen LogP contribution in [-0.4, -0.2) is 53.4 Å². The van der Waals surface area contributed by atoms with Gasteiger partial charge in [0.15, 0.2) is 11.5 Å². The lowest BCUT2D eigenvalue weighted by Crippen LogP contribution is -2.39. The molecular weight excluding hydrogens is 456 g/mol. The highest BCUT2D eigenvalue weighted by atomic mass is 19.1. The second-order valence-electron chi connectivity index (χ2n) is 8.72. The summed E-state index contributed by atoms with van der Waals surface area (Å²) in [5.41, 5.74) is 0.734. The Bertz CT molecular complexity index is 1520. The lowest BCUT2D eigenvalue weighted by atomic mass is 10.0. The van der Waals surface area contributed by atoms with Gasteiger partial charge in [-0.1, -0.05) is 0 Å². The van der Waals surface area contributed by atoms with Crippen LogP contribution >= 0.6 is 0 Å². The Balaban J connectivity index is 1.81. The number of ether oxygens (including phenoxy) is 2. The van der Waals surface area contributed by atoms with E-state index in [4.69, 9.17) is 9.47 Å². The van der Waals surface area contributed by atoms with E-state index in [0.717, 1.165) is 0 Å². The number of aromatic nitrogens is 2. The maximum absolute atomic E-state index is 14.6. The predicted molar refractivity (Wildman–Crippen MR) is 129 cm³/mol. The van der Waals surface area contributed by atoms with Crippen LogP contribution in [0.4, 0.5) is 8.78 Å². The zero-order valence-corrected chi connectivity index (χ0v) is 19.7. The number of fused-ring (bicyclic) bond motifs is 2. The standard InChI is InChI=1S/C26H25F2N3O4/c1-29-7-6-17-21(29)10-16(28)11-22(17)31-14-20(25(32)30-8-4-15(27)5-9-30)18-12-23(34-2)24(35-3)13-19(18)26(31)33/h6-7,10-15H,4-5,8-9H2,1-3H3. The molecule has 1 amide bonds. The van der Waals surface area contributed by atoms with Crippen molar-refractivity contribution in [2.75, 3.05) is 27.3 Å². The van der Waals surface area contributed by atoms with Gasteiger partial charge in [0.2, 0.25) is 0 Å². The van der Waals surface area contributed by atoms with Gasteiger partial charge in [-0.2, -0.15) is 0 Å². The summed E-state index contributed by atoms with van der Waals surface area (Å²) in [5, 5.41) is 1.27. The van der Waals surface area contributed by atoms with Crippen LogP contribution in [0.5, 0.6) is 11.5 Å². The Kier molecular flexibility index (Phi) is 5.70. The maximum Gasteiger partial charge on any atom is 0.263 e. The van der Waals surface area contributed by atoms with E-state index in [1.165, 1.54) is 43.2 Å². The molecule has 3 heterocycles. The van der Waals surface area contributed by atoms with Crippen molar-refractivity contribution in [1.29, 1.82) is 0 Å². The van der Waals surface area contributed by atoms with Crippen molar-refractivity contribution in [2.45, 2.75) is 19.0 Å². The fraction of sp³-hybridized carbons (Fsp3) is 0.308. The number of alkyl halides is 1. The number of halogens is 2. The molecule has 4 aromatic rings. The highest BCUT2D eigenvalue weighted by Crippen LogP contribution is 2.34. The lowest BCUT2D eigenvalue weighted by molar-refractivity contribution is 0.0668. The van der Waals surface area contributed by atoms with Gasteiger partial charge in [0.05, 0.1) is 36.4 Å². The van der Waals surface area contributed by atoms with Crippen LogP contribution in [0.3, 0.4) is 0 Å². The number of benzene rings is 2. The first-order chi connectivity index (χ1) is 16.8. The molecule has 9 heteroatoms. The zero-order chi connectivity index (χ0) is 24.9. The molecule has 182 valence electrons. The Labute approximate surface area is 200 Å². The lowest BCUT2D eigenvalue weighted by Gasteiger charge is -2.29. The molecule has 2 aromatic heterocycles. The van der Waals surface area contributed by atoms with Gasteiger partial charge in [0.1, 0.15) is 12.0 Å². The Morgan fingerprint density at radius 1 is 1.00 bits per heavy atom. The summed E-state index contributed by atoms with van der Waals surface area (Å²) >= 11 is 0. The van der Waals surface area contributed by atoms with Gasteiger partial charge in [0, 0.05) is 43.3 Å². The normalized spacial score (nSPS) is 14.6. The Morgan fingerprint density at radius 2 is 1.66 bits per heavy atom. The number of hydrogen-bond acceptors (Lipinski definition) is 4. The SMILES string of the molecule is COc1cc2c(C(=O)N3CCC(F)CC3)cn(-c3cc(F)cc4c3ccn4C)c(=O)c2cc1OC. The van der Waals surface area contributed by atoms with Crippen molar-refractivity contribution in [2.24, 2.45) is 7.05 Å². The van der Waals surface area contributed by atoms with Crippen LogP contribution in [0.2, 0.25) is 0 Å². The number of methoxy groups -OCH3 is 2. The molecule has 0 bridgehead atoms. The number of carbonyl (C=O) groups excluding carboxylic acids is 1. The number of hydrogen-bond donors (Lipinski definition) is 0. The summed E-state index contributed by atoms with van der Waals surface area (Å²) in [6, 6.07) is 7.59. The minimum atomic E-state index is -0.937. The van der Waals surface area contributed by atoms with Crippen LogP contribution in [0.1, 0.15) is 23.2 Å². The molecule has 35 heavy (non-hydrogen) atoms. The molecule has 1 aliphatic heterocycles. The van der Waals surface area contributed by atoms with E-state index in [1.807, 2.05) is 0 Å². The molecule has 0 N–H and O–H groups in total. The summed E-state index contributed by atoms with van der Waals surface area (Å²) in [4.78, 5) is 28.9. The smallest absolute Gasteiger partial charge is 0.263 e. The molecule has 0 atom stereocenters. The van der Waals surface area contributed by atoms with Crippen molar-refractivity contribution in [3.63, 3.8) is 0 Å². The molecule has 0 aliphatic carbocycles. The summed E-state index contributed by atoms with van der Waals surface area (Å²) in [7, 11) is 4.71. The summed E-state index contributed by atoms with van der Waals surface area (Å²) < 4.78 is 42.2. The number of rotatable bonds is 4. The topological polar surface area (TPSA) is 65.7 Å². The number of aryl methyl sites for hydroxylation is 1. The monoisotopic (exact) mass is 481 g/mol. The first-order valence-electron chi connectivity index (χ1n) is 11.3. The number of carbonyl (C=O) groups is 1. The van der Waals surface area contributed by atoms with Gasteiger partial charge in [-0.15, -0.1) is 0 Å². The number of piperidine rings is 1. The van der Waals surface area contributed by atoms with Crippen molar-refractivity contribution >= 4 is 27.6 Å². The zero-order valence-electron chi connectivity index (χ0n) is 19.7. The largest absolute Gasteiger partial charge is 0.493 e. The average Bonchev–Trinajstić information content (AvgIpc) is 3.23. The molecule has 1 fully saturated rings. The number of pyridine rings is 1. The third-order valence-electron chi connectivity index (χ3n) is 6.67. The first kappa shape index (κ1) is 22.9. The van der Waals surface area contributed by atoms with Crippen LogP contribution in [0.15, 0.2) is 47.5 Å². The van der Waals surface area contributed by atoms with Crippen LogP contribution in [0.25, 0.3) is 27.4 Å². The third kappa shape index (κ3) is 3.80. The second-order valence-corrected chi connectivity index (χ2v) is 8.72. The Morgan fingerprint density at radius 3 is 2.31 bits per heavy atom. The van der Waals surface area contributed by atoms with E-state index in [-0.39, 0.29) is 42.8 Å². The van der Waals surface area contributed by atoms with Crippen LogP contribution < -0.4 is 15.0 Å². The average molecular weight is 481 g/mol. The molecular formula is C26H25F2N3O4. The molecule has 0 unspecified atom stereocenters. The van der Waals surface area contributed by atoms with E-state index < -0.39 is 17.5 Å². The minimum absolute atomic E-state index is 0.224. The van der Waals surface area contributed by atoms with Crippen LogP contribution in [0, 0.1) is 5.82 Å². The van der Waals surface area contributed by atoms with Gasteiger partial charge in [-0.3, -0.25) is 14.2 Å². The van der Waals surface area contributed by atoms with E-state index in [9.17, 15) is 18.4 Å². The van der Waals surface area contributed by atoms with Gasteiger partial charge in [-0.05, 0) is 43.2 Å². The van der Waals surface area contributed by atoms with Gasteiger partial charge in [0.25, 0.3) is 11.5 Å². The van der Waals surface area contributed by atoms with Crippen molar-refractivity contribution in [3.8, 4) is 17.2 Å². The van der Waals surface area contributed by atoms with Crippen molar-refractivity contribution in [1.82, 2.24) is 14.0 Å². The fourth-order valence-electron chi connectivity index (χ4n) is 4.75. The van der Waals surface area contributed by atoms with E-state index in [1.54, 1.807) is 34.8 Å². The maximum atomic E-state index is 14.6. The van der Waals surface area contributed by atoms with E-state index in [2.05, 4.69) is 0 Å². The summed E-state index contributed by atoms with van der Waals surface area (Å²) in [5.74, 6) is -0.143. The number of amides is 1. The van der Waals surface area contributed by atoms with Crippen molar-refractivity contribution < 1.29 is 23.0 Å². The fourth-order valence-corrected chi connectivity index (χ4v) is 4.75. The molecule has 0 saturated carbocycles. The van der Waals surface area contributed by atoms with Gasteiger partial charge < -0.3 is 18.9 Å². The molecule has 0 radical (unpaired) electrons. The molecule has 0 spiro atoms. The van der Waals surface area contributed by atoms with Gasteiger partial charge in [-0.25, -0.2) is 8.78 Å². The molecule has 1 aliphatic rings. The third-order valence-corrected chi connectivity index (χ3v) is 6.67.